The second-order valence-electron chi connectivity index (χ2n) is 6.37. The van der Waals surface area contributed by atoms with E-state index in [9.17, 15) is 0 Å². The third-order valence-corrected chi connectivity index (χ3v) is 4.93. The van der Waals surface area contributed by atoms with E-state index < -0.39 is 0 Å². The van der Waals surface area contributed by atoms with Gasteiger partial charge in [-0.2, -0.15) is 0 Å². The Balaban J connectivity index is 2.04. The molecule has 1 nitrogen and oxygen atoms in total. The maximum Gasteiger partial charge on any atom is 0.0404 e. The summed E-state index contributed by atoms with van der Waals surface area (Å²) in [6, 6.07) is 22.4. The molecule has 23 heavy (non-hydrogen) atoms. The third kappa shape index (κ3) is 3.30. The highest BCUT2D eigenvalue weighted by Crippen LogP contribution is 2.40. The Morgan fingerprint density at radius 2 is 1.52 bits per heavy atom. The van der Waals surface area contributed by atoms with Gasteiger partial charge in [0.05, 0.1) is 0 Å². The highest BCUT2D eigenvalue weighted by atomic mass is 15.3. The van der Waals surface area contributed by atoms with Crippen LogP contribution in [0, 0.1) is 0 Å². The van der Waals surface area contributed by atoms with Crippen LogP contribution < -0.4 is 0 Å². The molecule has 0 radical (unpaired) electrons. The Morgan fingerprint density at radius 1 is 0.957 bits per heavy atom. The molecule has 2 unspecified atom stereocenters. The summed E-state index contributed by atoms with van der Waals surface area (Å²) in [6.45, 7) is 10.1. The minimum atomic E-state index is 0.00840. The van der Waals surface area contributed by atoms with Crippen LogP contribution in [0.4, 0.5) is 0 Å². The van der Waals surface area contributed by atoms with Gasteiger partial charge in [-0.15, -0.1) is 13.2 Å². The molecular formula is C22H25N. The molecule has 2 aromatic rings. The summed E-state index contributed by atoms with van der Waals surface area (Å²) in [5, 5.41) is 0. The van der Waals surface area contributed by atoms with Gasteiger partial charge in [-0.25, -0.2) is 0 Å². The van der Waals surface area contributed by atoms with Crippen molar-refractivity contribution in [1.29, 1.82) is 0 Å². The molecule has 0 aliphatic carbocycles. The van der Waals surface area contributed by atoms with E-state index in [2.05, 4.69) is 84.8 Å². The van der Waals surface area contributed by atoms with E-state index >= 15 is 0 Å². The summed E-state index contributed by atoms with van der Waals surface area (Å²) < 4.78 is 0. The maximum absolute atomic E-state index is 3.95. The van der Waals surface area contributed by atoms with Crippen molar-refractivity contribution in [3.05, 3.63) is 97.1 Å². The second-order valence-corrected chi connectivity index (χ2v) is 6.37. The lowest BCUT2D eigenvalue weighted by atomic mass is 9.71. The smallest absolute Gasteiger partial charge is 0.0404 e. The number of benzene rings is 2. The van der Waals surface area contributed by atoms with Crippen LogP contribution >= 0.6 is 0 Å². The number of allylic oxidation sites excluding steroid dienone is 1. The SMILES string of the molecule is C=CCCC(CN1CC1C=C)(c1ccccc1)c1ccccc1. The zero-order chi connectivity index (χ0) is 16.1. The first kappa shape index (κ1) is 15.8. The number of hydrogen-bond acceptors (Lipinski definition) is 1. The first-order chi connectivity index (χ1) is 11.3. The quantitative estimate of drug-likeness (QED) is 0.499. The molecule has 1 aliphatic heterocycles. The molecule has 1 aliphatic rings. The maximum atomic E-state index is 3.95. The molecule has 1 saturated heterocycles. The van der Waals surface area contributed by atoms with E-state index in [1.165, 1.54) is 11.1 Å². The van der Waals surface area contributed by atoms with Crippen LogP contribution in [0.1, 0.15) is 24.0 Å². The third-order valence-electron chi connectivity index (χ3n) is 4.93. The summed E-state index contributed by atoms with van der Waals surface area (Å²) in [6.07, 6.45) is 6.18. The first-order valence-corrected chi connectivity index (χ1v) is 8.39. The molecule has 0 saturated carbocycles. The fourth-order valence-corrected chi connectivity index (χ4v) is 3.53. The van der Waals surface area contributed by atoms with Crippen molar-refractivity contribution < 1.29 is 0 Å². The summed E-state index contributed by atoms with van der Waals surface area (Å²) in [5.41, 5.74) is 2.79. The normalized spacial score (nSPS) is 20.0. The van der Waals surface area contributed by atoms with Crippen LogP contribution in [0.25, 0.3) is 0 Å². The van der Waals surface area contributed by atoms with Gasteiger partial charge in [0.25, 0.3) is 0 Å². The summed E-state index contributed by atoms with van der Waals surface area (Å²) in [4.78, 5) is 2.51. The van der Waals surface area contributed by atoms with Gasteiger partial charge in [0, 0.05) is 24.5 Å². The Kier molecular flexibility index (Phi) is 4.78. The van der Waals surface area contributed by atoms with Crippen molar-refractivity contribution in [3.63, 3.8) is 0 Å². The van der Waals surface area contributed by atoms with E-state index in [4.69, 9.17) is 0 Å². The Hall–Kier alpha value is -2.12. The minimum Gasteiger partial charge on any atom is -0.293 e. The highest BCUT2D eigenvalue weighted by molar-refractivity contribution is 5.40. The molecule has 2 atom stereocenters. The van der Waals surface area contributed by atoms with Crippen LogP contribution in [0.3, 0.4) is 0 Å². The fraction of sp³-hybridized carbons (Fsp3) is 0.273. The zero-order valence-electron chi connectivity index (χ0n) is 13.7. The van der Waals surface area contributed by atoms with Gasteiger partial charge in [0.2, 0.25) is 0 Å². The van der Waals surface area contributed by atoms with Crippen molar-refractivity contribution in [2.45, 2.75) is 24.3 Å². The topological polar surface area (TPSA) is 3.01 Å². The average Bonchev–Trinajstić information content (AvgIpc) is 3.38. The molecule has 1 fully saturated rings. The molecule has 0 N–H and O–H groups in total. The molecule has 0 amide bonds. The molecule has 118 valence electrons. The molecular weight excluding hydrogens is 278 g/mol. The Labute approximate surface area is 140 Å². The van der Waals surface area contributed by atoms with Gasteiger partial charge >= 0.3 is 0 Å². The standard InChI is InChI=1S/C22H25N/c1-3-5-16-22(18-23-17-21(23)4-2,19-12-8-6-9-13-19)20-14-10-7-11-15-20/h3-4,6-15,21H,1-2,5,16-18H2. The van der Waals surface area contributed by atoms with Crippen molar-refractivity contribution >= 4 is 0 Å². The van der Waals surface area contributed by atoms with Crippen molar-refractivity contribution in [2.24, 2.45) is 0 Å². The van der Waals surface area contributed by atoms with Gasteiger partial charge in [-0.05, 0) is 24.0 Å². The number of rotatable bonds is 8. The predicted octanol–water partition coefficient (Wildman–Crippen LogP) is 4.81. The molecule has 0 spiro atoms. The number of nitrogens with zero attached hydrogens (tertiary/aromatic N) is 1. The van der Waals surface area contributed by atoms with Crippen molar-refractivity contribution in [2.75, 3.05) is 13.1 Å². The van der Waals surface area contributed by atoms with Crippen LogP contribution in [0.2, 0.25) is 0 Å². The van der Waals surface area contributed by atoms with E-state index in [-0.39, 0.29) is 5.41 Å². The fourth-order valence-electron chi connectivity index (χ4n) is 3.53. The predicted molar refractivity (Wildman–Crippen MR) is 98.7 cm³/mol. The summed E-state index contributed by atoms with van der Waals surface area (Å²) in [7, 11) is 0. The molecule has 2 aromatic carbocycles. The molecule has 0 bridgehead atoms. The number of hydrogen-bond donors (Lipinski definition) is 0. The largest absolute Gasteiger partial charge is 0.293 e. The van der Waals surface area contributed by atoms with Gasteiger partial charge in [-0.1, -0.05) is 72.8 Å². The average molecular weight is 303 g/mol. The monoisotopic (exact) mass is 303 g/mol. The highest BCUT2D eigenvalue weighted by Gasteiger charge is 2.41. The second kappa shape index (κ2) is 6.97. The molecule has 1 heteroatoms. The van der Waals surface area contributed by atoms with E-state index in [1.54, 1.807) is 0 Å². The van der Waals surface area contributed by atoms with Crippen molar-refractivity contribution in [3.8, 4) is 0 Å². The van der Waals surface area contributed by atoms with E-state index in [0.29, 0.717) is 6.04 Å². The van der Waals surface area contributed by atoms with Gasteiger partial charge in [-0.3, -0.25) is 4.90 Å². The van der Waals surface area contributed by atoms with Crippen LogP contribution in [0.15, 0.2) is 86.0 Å². The molecule has 3 rings (SSSR count). The minimum absolute atomic E-state index is 0.00840. The Bertz CT molecular complexity index is 605. The molecule has 1 heterocycles. The van der Waals surface area contributed by atoms with Crippen molar-refractivity contribution in [1.82, 2.24) is 4.90 Å². The summed E-state index contributed by atoms with van der Waals surface area (Å²) >= 11 is 0. The summed E-state index contributed by atoms with van der Waals surface area (Å²) in [5.74, 6) is 0. The van der Waals surface area contributed by atoms with Crippen LogP contribution in [-0.2, 0) is 5.41 Å². The van der Waals surface area contributed by atoms with Crippen LogP contribution in [0.5, 0.6) is 0 Å². The lowest BCUT2D eigenvalue weighted by molar-refractivity contribution is 0.365. The van der Waals surface area contributed by atoms with Gasteiger partial charge < -0.3 is 0 Å². The van der Waals surface area contributed by atoms with E-state index in [0.717, 1.165) is 25.9 Å². The Morgan fingerprint density at radius 3 is 1.96 bits per heavy atom. The lowest BCUT2D eigenvalue weighted by Crippen LogP contribution is -2.36. The first-order valence-electron chi connectivity index (χ1n) is 8.39. The lowest BCUT2D eigenvalue weighted by Gasteiger charge is -2.36. The zero-order valence-corrected chi connectivity index (χ0v) is 13.7. The van der Waals surface area contributed by atoms with Gasteiger partial charge in [0.1, 0.15) is 0 Å². The molecule has 0 aromatic heterocycles. The van der Waals surface area contributed by atoms with Gasteiger partial charge in [0.15, 0.2) is 0 Å². The van der Waals surface area contributed by atoms with E-state index in [1.807, 2.05) is 6.08 Å². The van der Waals surface area contributed by atoms with Crippen LogP contribution in [-0.4, -0.2) is 24.0 Å².